The second-order valence-electron chi connectivity index (χ2n) is 7.65. The lowest BCUT2D eigenvalue weighted by Gasteiger charge is -2.12. The van der Waals surface area contributed by atoms with Crippen molar-refractivity contribution >= 4 is 29.1 Å². The van der Waals surface area contributed by atoms with Crippen LogP contribution in [0.15, 0.2) is 41.4 Å². The molecule has 0 atom stereocenters. The highest BCUT2D eigenvalue weighted by atomic mass is 35.5. The highest BCUT2D eigenvalue weighted by Gasteiger charge is 2.17. The van der Waals surface area contributed by atoms with Crippen molar-refractivity contribution in [3.8, 4) is 0 Å². The number of aromatic nitrogens is 1. The van der Waals surface area contributed by atoms with Crippen molar-refractivity contribution in [1.82, 2.24) is 9.88 Å². The minimum Gasteiger partial charge on any atom is -0.309 e. The Morgan fingerprint density at radius 2 is 1.71 bits per heavy atom. The van der Waals surface area contributed by atoms with Crippen molar-refractivity contribution in [2.24, 2.45) is 0 Å². The maximum Gasteiger partial charge on any atom is 0.195 e. The average Bonchev–Trinajstić information content (AvgIpc) is 2.67. The van der Waals surface area contributed by atoms with E-state index in [9.17, 15) is 4.79 Å². The molecule has 2 aromatic rings. The molecule has 0 radical (unpaired) electrons. The molecule has 1 heterocycles. The number of hydrogen-bond acceptors (Lipinski definition) is 4. The molecule has 5 heteroatoms. The topological polar surface area (TPSA) is 33.2 Å². The van der Waals surface area contributed by atoms with Crippen molar-refractivity contribution in [3.05, 3.63) is 58.2 Å². The van der Waals surface area contributed by atoms with Crippen LogP contribution in [0.1, 0.15) is 67.1 Å². The van der Waals surface area contributed by atoms with Gasteiger partial charge in [0.15, 0.2) is 5.78 Å². The van der Waals surface area contributed by atoms with Crippen LogP contribution >= 0.6 is 23.4 Å². The molecule has 0 saturated heterocycles. The van der Waals surface area contributed by atoms with Crippen LogP contribution in [0.5, 0.6) is 0 Å². The van der Waals surface area contributed by atoms with Gasteiger partial charge in [0, 0.05) is 16.3 Å². The molecule has 0 bridgehead atoms. The van der Waals surface area contributed by atoms with Gasteiger partial charge in [0.05, 0.1) is 5.56 Å². The summed E-state index contributed by atoms with van der Waals surface area (Å²) in [6, 6.07) is 11.0. The summed E-state index contributed by atoms with van der Waals surface area (Å²) in [5.74, 6) is 1.33. The fourth-order valence-electron chi connectivity index (χ4n) is 2.87. The predicted octanol–water partition coefficient (Wildman–Crippen LogP) is 6.30. The van der Waals surface area contributed by atoms with E-state index in [1.54, 1.807) is 36.0 Å². The number of halogens is 1. The number of hydrogen-bond donors (Lipinski definition) is 0. The van der Waals surface area contributed by atoms with Crippen LogP contribution in [0.25, 0.3) is 0 Å². The zero-order chi connectivity index (χ0) is 20.5. The Balaban J connectivity index is 2.04. The molecule has 2 rings (SSSR count). The van der Waals surface area contributed by atoms with E-state index in [0.29, 0.717) is 22.1 Å². The van der Waals surface area contributed by atoms with E-state index in [4.69, 9.17) is 16.6 Å². The first-order valence-electron chi connectivity index (χ1n) is 9.97. The standard InChI is InChI=1S/C23H31ClN2OS/c1-17(2)21-14-13-20(22(27)18-9-11-19(24)12-10-18)23(25-21)28-16-8-6-5-7-15-26(3)4/h9-14,17H,5-8,15-16H2,1-4H3. The number of unbranched alkanes of at least 4 members (excludes halogenated alkanes) is 3. The minimum atomic E-state index is 0.00737. The number of benzene rings is 1. The Labute approximate surface area is 178 Å². The third-order valence-electron chi connectivity index (χ3n) is 4.56. The number of rotatable bonds is 11. The summed E-state index contributed by atoms with van der Waals surface area (Å²) in [6.07, 6.45) is 4.83. The van der Waals surface area contributed by atoms with Crippen molar-refractivity contribution < 1.29 is 4.79 Å². The summed E-state index contributed by atoms with van der Waals surface area (Å²) in [5, 5.41) is 1.48. The molecule has 0 amide bonds. The van der Waals surface area contributed by atoms with Crippen molar-refractivity contribution in [1.29, 1.82) is 0 Å². The van der Waals surface area contributed by atoms with Gasteiger partial charge in [-0.1, -0.05) is 38.3 Å². The Bertz CT molecular complexity index is 760. The molecule has 0 saturated carbocycles. The van der Waals surface area contributed by atoms with Gasteiger partial charge in [-0.25, -0.2) is 4.98 Å². The van der Waals surface area contributed by atoms with Gasteiger partial charge in [-0.3, -0.25) is 4.79 Å². The molecule has 152 valence electrons. The summed E-state index contributed by atoms with van der Waals surface area (Å²) in [5.41, 5.74) is 2.36. The van der Waals surface area contributed by atoms with Gasteiger partial charge in [-0.05, 0) is 81.6 Å². The van der Waals surface area contributed by atoms with Gasteiger partial charge in [0.2, 0.25) is 0 Å². The maximum absolute atomic E-state index is 13.0. The first-order valence-corrected chi connectivity index (χ1v) is 11.3. The van der Waals surface area contributed by atoms with Crippen LogP contribution in [0.3, 0.4) is 0 Å². The summed E-state index contributed by atoms with van der Waals surface area (Å²) in [7, 11) is 4.23. The summed E-state index contributed by atoms with van der Waals surface area (Å²) >= 11 is 7.66. The van der Waals surface area contributed by atoms with E-state index < -0.39 is 0 Å². The van der Waals surface area contributed by atoms with Crippen LogP contribution in [0.4, 0.5) is 0 Å². The zero-order valence-corrected chi connectivity index (χ0v) is 18.9. The Kier molecular flexibility index (Phi) is 9.49. The molecule has 3 nitrogen and oxygen atoms in total. The molecular formula is C23H31ClN2OS. The van der Waals surface area contributed by atoms with E-state index in [1.165, 1.54) is 19.3 Å². The molecule has 0 spiro atoms. The van der Waals surface area contributed by atoms with Gasteiger partial charge < -0.3 is 4.90 Å². The monoisotopic (exact) mass is 418 g/mol. The average molecular weight is 419 g/mol. The van der Waals surface area contributed by atoms with Gasteiger partial charge in [-0.2, -0.15) is 0 Å². The highest BCUT2D eigenvalue weighted by Crippen LogP contribution is 2.27. The van der Waals surface area contributed by atoms with Gasteiger partial charge >= 0.3 is 0 Å². The third kappa shape index (κ3) is 7.23. The predicted molar refractivity (Wildman–Crippen MR) is 121 cm³/mol. The zero-order valence-electron chi connectivity index (χ0n) is 17.4. The van der Waals surface area contributed by atoms with Crippen LogP contribution in [-0.4, -0.2) is 42.1 Å². The number of carbonyl (C=O) groups excluding carboxylic acids is 1. The second kappa shape index (κ2) is 11.6. The lowest BCUT2D eigenvalue weighted by molar-refractivity contribution is 0.103. The lowest BCUT2D eigenvalue weighted by Crippen LogP contribution is -2.12. The largest absolute Gasteiger partial charge is 0.309 e. The summed E-state index contributed by atoms with van der Waals surface area (Å²) in [4.78, 5) is 20.0. The van der Waals surface area contributed by atoms with Crippen molar-refractivity contribution in [2.75, 3.05) is 26.4 Å². The third-order valence-corrected chi connectivity index (χ3v) is 5.89. The van der Waals surface area contributed by atoms with Crippen LogP contribution in [0, 0.1) is 0 Å². The molecule has 0 N–H and O–H groups in total. The Hall–Kier alpha value is -1.36. The number of thioether (sulfide) groups is 1. The Morgan fingerprint density at radius 1 is 1.04 bits per heavy atom. The first-order chi connectivity index (χ1) is 13.4. The molecule has 1 aromatic carbocycles. The molecule has 0 unspecified atom stereocenters. The molecule has 1 aromatic heterocycles. The molecule has 0 aliphatic carbocycles. The van der Waals surface area contributed by atoms with Gasteiger partial charge in [0.25, 0.3) is 0 Å². The Morgan fingerprint density at radius 3 is 2.36 bits per heavy atom. The highest BCUT2D eigenvalue weighted by molar-refractivity contribution is 7.99. The second-order valence-corrected chi connectivity index (χ2v) is 9.17. The molecule has 0 aliphatic heterocycles. The van der Waals surface area contributed by atoms with Gasteiger partial charge in [0.1, 0.15) is 5.03 Å². The van der Waals surface area contributed by atoms with E-state index in [1.807, 2.05) is 12.1 Å². The van der Waals surface area contributed by atoms with E-state index in [2.05, 4.69) is 32.8 Å². The quantitative estimate of drug-likeness (QED) is 0.243. The normalized spacial score (nSPS) is 11.4. The fourth-order valence-corrected chi connectivity index (χ4v) is 4.02. The molecule has 0 aliphatic rings. The van der Waals surface area contributed by atoms with Crippen molar-refractivity contribution in [2.45, 2.75) is 50.5 Å². The summed E-state index contributed by atoms with van der Waals surface area (Å²) < 4.78 is 0. The van der Waals surface area contributed by atoms with Crippen LogP contribution in [0.2, 0.25) is 5.02 Å². The van der Waals surface area contributed by atoms with Crippen molar-refractivity contribution in [3.63, 3.8) is 0 Å². The maximum atomic E-state index is 13.0. The van der Waals surface area contributed by atoms with E-state index in [0.717, 1.165) is 29.4 Å². The van der Waals surface area contributed by atoms with E-state index in [-0.39, 0.29) is 5.78 Å². The molecule has 0 fully saturated rings. The van der Waals surface area contributed by atoms with Gasteiger partial charge in [-0.15, -0.1) is 11.8 Å². The SMILES string of the molecule is CC(C)c1ccc(C(=O)c2ccc(Cl)cc2)c(SCCCCCCN(C)C)n1. The summed E-state index contributed by atoms with van der Waals surface area (Å²) in [6.45, 7) is 5.40. The van der Waals surface area contributed by atoms with Crippen LogP contribution in [-0.2, 0) is 0 Å². The number of nitrogens with zero attached hydrogens (tertiary/aromatic N) is 2. The van der Waals surface area contributed by atoms with E-state index >= 15 is 0 Å². The number of ketones is 1. The number of pyridine rings is 1. The lowest BCUT2D eigenvalue weighted by atomic mass is 10.0. The van der Waals surface area contributed by atoms with Crippen LogP contribution < -0.4 is 0 Å². The first kappa shape index (κ1) is 22.9. The fraction of sp³-hybridized carbons (Fsp3) is 0.478. The molecular weight excluding hydrogens is 388 g/mol. The minimum absolute atomic E-state index is 0.00737. The molecule has 28 heavy (non-hydrogen) atoms. The smallest absolute Gasteiger partial charge is 0.195 e. The number of carbonyl (C=O) groups is 1.